The van der Waals surface area contributed by atoms with Crippen LogP contribution in [0, 0.1) is 5.82 Å². The van der Waals surface area contributed by atoms with Crippen LogP contribution in [0.4, 0.5) is 4.39 Å². The number of pyridine rings is 1. The molecule has 16 heavy (non-hydrogen) atoms. The lowest BCUT2D eigenvalue weighted by molar-refractivity contribution is 0.162. The molecule has 0 amide bonds. The first-order valence-electron chi connectivity index (χ1n) is 5.12. The molecule has 0 aliphatic carbocycles. The quantitative estimate of drug-likeness (QED) is 0.818. The summed E-state index contributed by atoms with van der Waals surface area (Å²) in [5, 5.41) is 9.85. The van der Waals surface area contributed by atoms with Gasteiger partial charge in [-0.25, -0.2) is 4.39 Å². The van der Waals surface area contributed by atoms with Crippen molar-refractivity contribution in [2.24, 2.45) is 12.8 Å². The molecule has 2 heterocycles. The third-order valence-electron chi connectivity index (χ3n) is 2.68. The Morgan fingerprint density at radius 3 is 3.00 bits per heavy atom. The first-order valence-corrected chi connectivity index (χ1v) is 5.12. The van der Waals surface area contributed by atoms with Gasteiger partial charge in [0, 0.05) is 18.8 Å². The second-order valence-electron chi connectivity index (χ2n) is 3.78. The zero-order chi connectivity index (χ0) is 11.7. The minimum Gasteiger partial charge on any atom is -0.387 e. The maximum absolute atomic E-state index is 13.0. The molecule has 0 fully saturated rings. The number of fused-ring (bicyclic) bond motifs is 1. The van der Waals surface area contributed by atoms with Gasteiger partial charge in [0.1, 0.15) is 5.82 Å². The van der Waals surface area contributed by atoms with Crippen LogP contribution in [0.3, 0.4) is 0 Å². The number of nitrogens with zero attached hydrogens (tertiary/aromatic N) is 2. The SMILES string of the molecule is Cn1c(C(O)CCN)cc2ncc(F)cc21. The average Bonchev–Trinajstić information content (AvgIpc) is 2.57. The standard InChI is InChI=1S/C11H14FN3O/c1-15-9-4-7(12)6-14-8(9)5-10(15)11(16)2-3-13/h4-6,11,16H,2-3,13H2,1H3. The number of hydrogen-bond acceptors (Lipinski definition) is 3. The number of aliphatic hydroxyl groups is 1. The number of aliphatic hydroxyl groups excluding tert-OH is 1. The fraction of sp³-hybridized carbons (Fsp3) is 0.364. The van der Waals surface area contributed by atoms with Crippen LogP contribution >= 0.6 is 0 Å². The molecule has 86 valence electrons. The minimum atomic E-state index is -0.632. The van der Waals surface area contributed by atoms with Gasteiger partial charge >= 0.3 is 0 Å². The van der Waals surface area contributed by atoms with Gasteiger partial charge in [0.15, 0.2) is 0 Å². The Balaban J connectivity index is 2.51. The van der Waals surface area contributed by atoms with Crippen LogP contribution in [0.1, 0.15) is 18.2 Å². The molecule has 1 atom stereocenters. The molecule has 4 nitrogen and oxygen atoms in total. The Bertz CT molecular complexity index is 509. The summed E-state index contributed by atoms with van der Waals surface area (Å²) < 4.78 is 14.8. The molecule has 0 saturated heterocycles. The third kappa shape index (κ3) is 1.79. The van der Waals surface area contributed by atoms with E-state index < -0.39 is 6.10 Å². The van der Waals surface area contributed by atoms with Crippen molar-refractivity contribution >= 4 is 11.0 Å². The summed E-state index contributed by atoms with van der Waals surface area (Å²) in [6.45, 7) is 0.407. The van der Waals surface area contributed by atoms with Crippen LogP contribution in [-0.4, -0.2) is 21.2 Å². The molecule has 0 radical (unpaired) electrons. The number of aromatic nitrogens is 2. The molecule has 2 aromatic heterocycles. The minimum absolute atomic E-state index is 0.381. The fourth-order valence-corrected chi connectivity index (χ4v) is 1.82. The maximum Gasteiger partial charge on any atom is 0.143 e. The first kappa shape index (κ1) is 11.0. The molecule has 2 rings (SSSR count). The number of nitrogens with two attached hydrogens (primary N) is 1. The summed E-state index contributed by atoms with van der Waals surface area (Å²) in [4.78, 5) is 3.97. The largest absolute Gasteiger partial charge is 0.387 e. The number of halogens is 1. The Kier molecular flexibility index (Phi) is 2.89. The van der Waals surface area contributed by atoms with E-state index in [1.165, 1.54) is 12.3 Å². The smallest absolute Gasteiger partial charge is 0.143 e. The van der Waals surface area contributed by atoms with Gasteiger partial charge < -0.3 is 15.4 Å². The molecule has 1 unspecified atom stereocenters. The zero-order valence-corrected chi connectivity index (χ0v) is 9.02. The van der Waals surface area contributed by atoms with E-state index in [4.69, 9.17) is 5.73 Å². The molecule has 0 bridgehead atoms. The average molecular weight is 223 g/mol. The van der Waals surface area contributed by atoms with Gasteiger partial charge in [-0.1, -0.05) is 0 Å². The van der Waals surface area contributed by atoms with Crippen molar-refractivity contribution in [3.63, 3.8) is 0 Å². The summed E-state index contributed by atoms with van der Waals surface area (Å²) >= 11 is 0. The summed E-state index contributed by atoms with van der Waals surface area (Å²) in [5.74, 6) is -0.381. The van der Waals surface area contributed by atoms with Crippen molar-refractivity contribution in [3.05, 3.63) is 29.8 Å². The highest BCUT2D eigenvalue weighted by molar-refractivity contribution is 5.77. The van der Waals surface area contributed by atoms with Crippen LogP contribution in [0.25, 0.3) is 11.0 Å². The Labute approximate surface area is 92.5 Å². The summed E-state index contributed by atoms with van der Waals surface area (Å²) in [5.41, 5.74) is 7.45. The van der Waals surface area contributed by atoms with E-state index in [2.05, 4.69) is 4.98 Å². The van der Waals surface area contributed by atoms with Crippen molar-refractivity contribution in [1.29, 1.82) is 0 Å². The highest BCUT2D eigenvalue weighted by Gasteiger charge is 2.14. The number of hydrogen-bond donors (Lipinski definition) is 2. The topological polar surface area (TPSA) is 64.1 Å². The van der Waals surface area contributed by atoms with Gasteiger partial charge in [-0.05, 0) is 19.0 Å². The van der Waals surface area contributed by atoms with Gasteiger partial charge in [0.05, 0.1) is 23.3 Å². The molecule has 5 heteroatoms. The van der Waals surface area contributed by atoms with Crippen molar-refractivity contribution in [1.82, 2.24) is 9.55 Å². The lowest BCUT2D eigenvalue weighted by Gasteiger charge is -2.10. The van der Waals surface area contributed by atoms with Gasteiger partial charge in [0.2, 0.25) is 0 Å². The molecular formula is C11H14FN3O. The van der Waals surface area contributed by atoms with Crippen molar-refractivity contribution in [2.45, 2.75) is 12.5 Å². The van der Waals surface area contributed by atoms with E-state index >= 15 is 0 Å². The molecule has 0 spiro atoms. The Morgan fingerprint density at radius 2 is 2.31 bits per heavy atom. The third-order valence-corrected chi connectivity index (χ3v) is 2.68. The number of aryl methyl sites for hydroxylation is 1. The van der Waals surface area contributed by atoms with Crippen LogP contribution in [0.5, 0.6) is 0 Å². The lowest BCUT2D eigenvalue weighted by atomic mass is 10.2. The van der Waals surface area contributed by atoms with Crippen LogP contribution in [0.2, 0.25) is 0 Å². The van der Waals surface area contributed by atoms with Gasteiger partial charge in [-0.3, -0.25) is 4.98 Å². The second-order valence-corrected chi connectivity index (χ2v) is 3.78. The monoisotopic (exact) mass is 223 g/mol. The van der Waals surface area contributed by atoms with E-state index in [0.29, 0.717) is 29.7 Å². The normalized spacial score (nSPS) is 13.2. The second kappa shape index (κ2) is 4.19. The molecule has 3 N–H and O–H groups in total. The number of rotatable bonds is 3. The molecular weight excluding hydrogens is 209 g/mol. The Hall–Kier alpha value is -1.46. The molecule has 0 saturated carbocycles. The first-order chi connectivity index (χ1) is 7.63. The van der Waals surface area contributed by atoms with E-state index in [9.17, 15) is 9.50 Å². The summed E-state index contributed by atoms with van der Waals surface area (Å²) in [6.07, 6.45) is 1.01. The predicted molar refractivity (Wildman–Crippen MR) is 59.3 cm³/mol. The highest BCUT2D eigenvalue weighted by atomic mass is 19.1. The van der Waals surface area contributed by atoms with Gasteiger partial charge in [-0.2, -0.15) is 0 Å². The maximum atomic E-state index is 13.0. The van der Waals surface area contributed by atoms with Gasteiger partial charge in [0.25, 0.3) is 0 Å². The van der Waals surface area contributed by atoms with Crippen LogP contribution in [0.15, 0.2) is 18.3 Å². The van der Waals surface area contributed by atoms with Gasteiger partial charge in [-0.15, -0.1) is 0 Å². The Morgan fingerprint density at radius 1 is 1.56 bits per heavy atom. The highest BCUT2D eigenvalue weighted by Crippen LogP contribution is 2.23. The lowest BCUT2D eigenvalue weighted by Crippen LogP contribution is -2.09. The molecule has 0 aromatic carbocycles. The van der Waals surface area contributed by atoms with Crippen LogP contribution in [-0.2, 0) is 7.05 Å². The van der Waals surface area contributed by atoms with E-state index in [1.807, 2.05) is 0 Å². The zero-order valence-electron chi connectivity index (χ0n) is 9.02. The van der Waals surface area contributed by atoms with Crippen molar-refractivity contribution in [2.75, 3.05) is 6.54 Å². The van der Waals surface area contributed by atoms with E-state index in [1.54, 1.807) is 17.7 Å². The molecule has 0 aliphatic heterocycles. The van der Waals surface area contributed by atoms with Crippen molar-refractivity contribution in [3.8, 4) is 0 Å². The fourth-order valence-electron chi connectivity index (χ4n) is 1.82. The predicted octanol–water partition coefficient (Wildman–Crippen LogP) is 1.09. The van der Waals surface area contributed by atoms with Crippen molar-refractivity contribution < 1.29 is 9.50 Å². The van der Waals surface area contributed by atoms with E-state index in [0.717, 1.165) is 0 Å². The summed E-state index contributed by atoms with van der Waals surface area (Å²) in [6, 6.07) is 3.16. The molecule has 0 aliphatic rings. The van der Waals surface area contributed by atoms with E-state index in [-0.39, 0.29) is 5.82 Å². The molecule has 2 aromatic rings. The summed E-state index contributed by atoms with van der Waals surface area (Å²) in [7, 11) is 1.78. The van der Waals surface area contributed by atoms with Crippen LogP contribution < -0.4 is 5.73 Å².